The van der Waals surface area contributed by atoms with Crippen molar-refractivity contribution in [3.05, 3.63) is 0 Å². The highest BCUT2D eigenvalue weighted by Gasteiger charge is 2.31. The third kappa shape index (κ3) is 2.67. The van der Waals surface area contributed by atoms with Gasteiger partial charge in [0.05, 0.1) is 0 Å². The lowest BCUT2D eigenvalue weighted by molar-refractivity contribution is 0.0850. The first-order valence-electron chi connectivity index (χ1n) is 4.16. The van der Waals surface area contributed by atoms with Crippen LogP contribution in [0.4, 0.5) is 0 Å². The van der Waals surface area contributed by atoms with Crippen LogP contribution in [0.2, 0.25) is 0 Å². The van der Waals surface area contributed by atoms with E-state index in [9.17, 15) is 0 Å². The molecule has 1 aliphatic rings. The van der Waals surface area contributed by atoms with Crippen LogP contribution in [-0.4, -0.2) is 6.29 Å². The van der Waals surface area contributed by atoms with Crippen molar-refractivity contribution >= 4 is 0 Å². The molecule has 1 aliphatic heterocycles. The summed E-state index contributed by atoms with van der Waals surface area (Å²) in [6.45, 7) is 4.39. The molecule has 0 N–H and O–H groups in total. The van der Waals surface area contributed by atoms with Crippen LogP contribution in [0, 0.1) is 5.92 Å². The molecule has 0 amide bonds. The number of hydrogen-bond donors (Lipinski definition) is 0. The highest BCUT2D eigenvalue weighted by atomic mass is 17.4. The molecule has 1 fully saturated rings. The monoisotopic (exact) mass is 144 g/mol. The van der Waals surface area contributed by atoms with Crippen LogP contribution >= 0.6 is 0 Å². The van der Waals surface area contributed by atoms with Crippen molar-refractivity contribution in [1.29, 1.82) is 0 Å². The van der Waals surface area contributed by atoms with E-state index in [2.05, 4.69) is 13.8 Å². The van der Waals surface area contributed by atoms with Crippen molar-refractivity contribution in [3.8, 4) is 0 Å². The summed E-state index contributed by atoms with van der Waals surface area (Å²) in [7, 11) is 0. The lowest BCUT2D eigenvalue weighted by Crippen LogP contribution is -2.01. The molecule has 1 atom stereocenters. The van der Waals surface area contributed by atoms with Crippen molar-refractivity contribution in [2.75, 3.05) is 0 Å². The van der Waals surface area contributed by atoms with E-state index in [0.717, 1.165) is 0 Å². The molecule has 1 unspecified atom stereocenters. The zero-order valence-corrected chi connectivity index (χ0v) is 6.80. The fourth-order valence-corrected chi connectivity index (χ4v) is 1.07. The molecule has 0 saturated carbocycles. The van der Waals surface area contributed by atoms with Crippen LogP contribution in [0.3, 0.4) is 0 Å². The third-order valence-electron chi connectivity index (χ3n) is 1.93. The maximum Gasteiger partial charge on any atom is 0.227 e. The SMILES string of the molecule is CCCCCC(C)C1OO1. The first kappa shape index (κ1) is 8.02. The Kier molecular flexibility index (Phi) is 3.16. The van der Waals surface area contributed by atoms with Crippen LogP contribution in [-0.2, 0) is 9.78 Å². The van der Waals surface area contributed by atoms with Gasteiger partial charge in [-0.2, -0.15) is 9.78 Å². The van der Waals surface area contributed by atoms with Crippen LogP contribution < -0.4 is 0 Å². The Morgan fingerprint density at radius 2 is 2.00 bits per heavy atom. The van der Waals surface area contributed by atoms with E-state index in [1.807, 2.05) is 0 Å². The lowest BCUT2D eigenvalue weighted by Gasteiger charge is -2.02. The van der Waals surface area contributed by atoms with E-state index in [0.29, 0.717) is 5.92 Å². The van der Waals surface area contributed by atoms with Crippen molar-refractivity contribution < 1.29 is 9.78 Å². The maximum absolute atomic E-state index is 4.70. The fraction of sp³-hybridized carbons (Fsp3) is 1.00. The zero-order valence-electron chi connectivity index (χ0n) is 6.80. The summed E-state index contributed by atoms with van der Waals surface area (Å²) in [5.74, 6) is 0.589. The molecule has 1 heterocycles. The molecule has 0 spiro atoms. The summed E-state index contributed by atoms with van der Waals surface area (Å²) < 4.78 is 0. The van der Waals surface area contributed by atoms with Gasteiger partial charge in [0, 0.05) is 5.92 Å². The van der Waals surface area contributed by atoms with Crippen LogP contribution in [0.25, 0.3) is 0 Å². The Bertz CT molecular complexity index is 89.3. The van der Waals surface area contributed by atoms with Gasteiger partial charge in [0.15, 0.2) is 0 Å². The van der Waals surface area contributed by atoms with E-state index < -0.39 is 0 Å². The van der Waals surface area contributed by atoms with Gasteiger partial charge in [-0.05, 0) is 6.42 Å². The van der Waals surface area contributed by atoms with Gasteiger partial charge in [-0.1, -0.05) is 33.1 Å². The molecule has 0 aliphatic carbocycles. The van der Waals surface area contributed by atoms with Gasteiger partial charge >= 0.3 is 0 Å². The fourth-order valence-electron chi connectivity index (χ4n) is 1.07. The Morgan fingerprint density at radius 3 is 2.50 bits per heavy atom. The predicted molar refractivity (Wildman–Crippen MR) is 39.3 cm³/mol. The van der Waals surface area contributed by atoms with Gasteiger partial charge in [-0.15, -0.1) is 0 Å². The predicted octanol–water partition coefficient (Wildman–Crippen LogP) is 2.49. The van der Waals surface area contributed by atoms with Gasteiger partial charge in [0.1, 0.15) is 0 Å². The van der Waals surface area contributed by atoms with Gasteiger partial charge in [0.2, 0.25) is 6.29 Å². The number of hydrogen-bond acceptors (Lipinski definition) is 2. The lowest BCUT2D eigenvalue weighted by atomic mass is 10.0. The minimum atomic E-state index is 0.122. The standard InChI is InChI=1S/C8H16O2/c1-3-4-5-6-7(2)8-9-10-8/h7-8H,3-6H2,1-2H3. The Labute approximate surface area is 62.4 Å². The number of unbranched alkanes of at least 4 members (excludes halogenated alkanes) is 2. The van der Waals surface area contributed by atoms with Gasteiger partial charge in [0.25, 0.3) is 0 Å². The molecule has 2 nitrogen and oxygen atoms in total. The molecule has 1 saturated heterocycles. The second kappa shape index (κ2) is 3.94. The van der Waals surface area contributed by atoms with Crippen molar-refractivity contribution in [1.82, 2.24) is 0 Å². The molecule has 0 aromatic rings. The van der Waals surface area contributed by atoms with Crippen LogP contribution in [0.5, 0.6) is 0 Å². The normalized spacial score (nSPS) is 21.0. The largest absolute Gasteiger partial charge is 0.227 e. The summed E-state index contributed by atoms with van der Waals surface area (Å²) in [5, 5.41) is 0. The van der Waals surface area contributed by atoms with Crippen molar-refractivity contribution in [2.45, 2.75) is 45.8 Å². The van der Waals surface area contributed by atoms with E-state index in [1.165, 1.54) is 25.7 Å². The van der Waals surface area contributed by atoms with Crippen LogP contribution in [0.1, 0.15) is 39.5 Å². The molecular formula is C8H16O2. The van der Waals surface area contributed by atoms with E-state index >= 15 is 0 Å². The highest BCUT2D eigenvalue weighted by Crippen LogP contribution is 2.25. The highest BCUT2D eigenvalue weighted by molar-refractivity contribution is 4.59. The van der Waals surface area contributed by atoms with E-state index in [1.54, 1.807) is 0 Å². The maximum atomic E-state index is 4.70. The molecule has 0 aromatic heterocycles. The first-order chi connectivity index (χ1) is 4.84. The molecular weight excluding hydrogens is 128 g/mol. The summed E-state index contributed by atoms with van der Waals surface area (Å²) in [6.07, 6.45) is 5.28. The molecule has 0 aromatic carbocycles. The average molecular weight is 144 g/mol. The quantitative estimate of drug-likeness (QED) is 0.336. The summed E-state index contributed by atoms with van der Waals surface area (Å²) >= 11 is 0. The third-order valence-corrected chi connectivity index (χ3v) is 1.93. The van der Waals surface area contributed by atoms with E-state index in [-0.39, 0.29) is 6.29 Å². The molecule has 0 bridgehead atoms. The zero-order chi connectivity index (χ0) is 7.40. The molecule has 60 valence electrons. The molecule has 1 rings (SSSR count). The van der Waals surface area contributed by atoms with Gasteiger partial charge < -0.3 is 0 Å². The number of rotatable bonds is 5. The molecule has 2 heteroatoms. The Hall–Kier alpha value is -0.0800. The van der Waals surface area contributed by atoms with Crippen molar-refractivity contribution in [3.63, 3.8) is 0 Å². The average Bonchev–Trinajstić information content (AvgIpc) is 2.69. The summed E-state index contributed by atoms with van der Waals surface area (Å²) in [5.41, 5.74) is 0. The summed E-state index contributed by atoms with van der Waals surface area (Å²) in [4.78, 5) is 9.40. The Balaban J connectivity index is 1.90. The first-order valence-corrected chi connectivity index (χ1v) is 4.16. The minimum Gasteiger partial charge on any atom is -0.198 e. The van der Waals surface area contributed by atoms with Gasteiger partial charge in [-0.3, -0.25) is 0 Å². The van der Waals surface area contributed by atoms with Crippen LogP contribution in [0.15, 0.2) is 0 Å². The second-order valence-electron chi connectivity index (χ2n) is 3.03. The van der Waals surface area contributed by atoms with Crippen molar-refractivity contribution in [2.24, 2.45) is 5.92 Å². The molecule has 10 heavy (non-hydrogen) atoms. The minimum absolute atomic E-state index is 0.122. The smallest absolute Gasteiger partial charge is 0.198 e. The molecule has 0 radical (unpaired) electrons. The second-order valence-corrected chi connectivity index (χ2v) is 3.03. The van der Waals surface area contributed by atoms with E-state index in [4.69, 9.17) is 9.78 Å². The summed E-state index contributed by atoms with van der Waals surface area (Å²) in [6, 6.07) is 0. The topological polar surface area (TPSA) is 25.1 Å². The Morgan fingerprint density at radius 1 is 1.30 bits per heavy atom. The van der Waals surface area contributed by atoms with Gasteiger partial charge in [-0.25, -0.2) is 0 Å².